The van der Waals surface area contributed by atoms with Gasteiger partial charge < -0.3 is 19.8 Å². The number of aliphatic hydroxyl groups excluding tert-OH is 2. The molecular formula is C12H20N2O3. The fourth-order valence-corrected chi connectivity index (χ4v) is 1.56. The van der Waals surface area contributed by atoms with E-state index in [1.54, 1.807) is 26.3 Å². The van der Waals surface area contributed by atoms with Crippen molar-refractivity contribution in [1.29, 1.82) is 0 Å². The van der Waals surface area contributed by atoms with Gasteiger partial charge in [-0.15, -0.1) is 0 Å². The first-order valence-corrected chi connectivity index (χ1v) is 5.56. The van der Waals surface area contributed by atoms with Crippen molar-refractivity contribution in [3.63, 3.8) is 0 Å². The number of nitrogens with zero attached hydrogens (tertiary/aromatic N) is 2. The molecule has 0 radical (unpaired) electrons. The van der Waals surface area contributed by atoms with Crippen LogP contribution >= 0.6 is 0 Å². The molecule has 0 aliphatic rings. The first-order valence-electron chi connectivity index (χ1n) is 5.56. The molecule has 0 fully saturated rings. The van der Waals surface area contributed by atoms with Crippen LogP contribution in [0.15, 0.2) is 18.3 Å². The number of aromatic nitrogens is 1. The third-order valence-corrected chi connectivity index (χ3v) is 2.49. The lowest BCUT2D eigenvalue weighted by atomic mass is 10.1. The zero-order chi connectivity index (χ0) is 12.8. The van der Waals surface area contributed by atoms with Gasteiger partial charge in [-0.2, -0.15) is 0 Å². The Hall–Kier alpha value is -1.17. The molecule has 5 heteroatoms. The average molecular weight is 240 g/mol. The van der Waals surface area contributed by atoms with Gasteiger partial charge in [0, 0.05) is 26.9 Å². The smallest absolute Gasteiger partial charge is 0.128 e. The Kier molecular flexibility index (Phi) is 5.34. The summed E-state index contributed by atoms with van der Waals surface area (Å²) in [6.45, 7) is 2.43. The highest BCUT2D eigenvalue weighted by Gasteiger charge is 2.11. The largest absolute Gasteiger partial charge is 0.389 e. The Bertz CT molecular complexity index is 344. The number of anilines is 1. The van der Waals surface area contributed by atoms with E-state index in [4.69, 9.17) is 4.74 Å². The van der Waals surface area contributed by atoms with Gasteiger partial charge in [0.15, 0.2) is 0 Å². The van der Waals surface area contributed by atoms with Crippen LogP contribution in [0.2, 0.25) is 0 Å². The predicted octanol–water partition coefficient (Wildman–Crippen LogP) is 0.578. The zero-order valence-electron chi connectivity index (χ0n) is 10.5. The maximum atomic E-state index is 9.62. The van der Waals surface area contributed by atoms with E-state index in [0.717, 1.165) is 11.4 Å². The highest BCUT2D eigenvalue weighted by Crippen LogP contribution is 2.17. The van der Waals surface area contributed by atoms with E-state index in [1.807, 2.05) is 18.0 Å². The lowest BCUT2D eigenvalue weighted by Crippen LogP contribution is -2.32. The van der Waals surface area contributed by atoms with Crippen molar-refractivity contribution in [3.05, 3.63) is 23.9 Å². The molecule has 5 nitrogen and oxygen atoms in total. The summed E-state index contributed by atoms with van der Waals surface area (Å²) in [4.78, 5) is 6.03. The second-order valence-electron chi connectivity index (χ2n) is 4.11. The van der Waals surface area contributed by atoms with E-state index < -0.39 is 12.2 Å². The molecule has 2 N–H and O–H groups in total. The van der Waals surface area contributed by atoms with Crippen LogP contribution in [0.25, 0.3) is 0 Å². The molecule has 1 aromatic heterocycles. The summed E-state index contributed by atoms with van der Waals surface area (Å²) in [5.41, 5.74) is 0.808. The van der Waals surface area contributed by atoms with Crippen molar-refractivity contribution in [3.8, 4) is 0 Å². The number of rotatable bonds is 6. The van der Waals surface area contributed by atoms with Crippen LogP contribution in [-0.4, -0.2) is 48.6 Å². The molecule has 0 saturated heterocycles. The summed E-state index contributed by atoms with van der Waals surface area (Å²) in [6.07, 6.45) is 0.576. The van der Waals surface area contributed by atoms with Crippen molar-refractivity contribution in [1.82, 2.24) is 4.98 Å². The minimum atomic E-state index is -0.554. The van der Waals surface area contributed by atoms with E-state index in [2.05, 4.69) is 4.98 Å². The van der Waals surface area contributed by atoms with Crippen LogP contribution in [-0.2, 0) is 4.74 Å². The van der Waals surface area contributed by atoms with Gasteiger partial charge in [0.05, 0.1) is 18.8 Å². The van der Waals surface area contributed by atoms with Gasteiger partial charge in [-0.3, -0.25) is 0 Å². The Morgan fingerprint density at radius 3 is 2.76 bits per heavy atom. The summed E-state index contributed by atoms with van der Waals surface area (Å²) >= 11 is 0. The molecule has 1 rings (SSSR count). The molecule has 0 bridgehead atoms. The van der Waals surface area contributed by atoms with E-state index >= 15 is 0 Å². The summed E-state index contributed by atoms with van der Waals surface area (Å²) in [7, 11) is 3.39. The highest BCUT2D eigenvalue weighted by atomic mass is 16.5. The molecule has 0 aliphatic heterocycles. The maximum Gasteiger partial charge on any atom is 0.128 e. The molecule has 17 heavy (non-hydrogen) atoms. The van der Waals surface area contributed by atoms with Crippen LogP contribution in [0, 0.1) is 0 Å². The first-order chi connectivity index (χ1) is 8.04. The SMILES string of the molecule is COCC(O)CN(C)c1cc(C(C)O)ccn1. The second-order valence-corrected chi connectivity index (χ2v) is 4.11. The predicted molar refractivity (Wildman–Crippen MR) is 66.0 cm³/mol. The van der Waals surface area contributed by atoms with Crippen molar-refractivity contribution in [2.75, 3.05) is 32.2 Å². The molecule has 0 aliphatic carbocycles. The van der Waals surface area contributed by atoms with Gasteiger partial charge >= 0.3 is 0 Å². The standard InChI is InChI=1S/C12H20N2O3/c1-9(15)10-4-5-13-12(6-10)14(2)7-11(16)8-17-3/h4-6,9,11,15-16H,7-8H2,1-3H3. The third kappa shape index (κ3) is 4.30. The summed E-state index contributed by atoms with van der Waals surface area (Å²) in [6, 6.07) is 3.58. The monoisotopic (exact) mass is 240 g/mol. The molecular weight excluding hydrogens is 220 g/mol. The van der Waals surface area contributed by atoms with Crippen molar-refractivity contribution >= 4 is 5.82 Å². The number of pyridine rings is 1. The van der Waals surface area contributed by atoms with Crippen molar-refractivity contribution in [2.24, 2.45) is 0 Å². The topological polar surface area (TPSA) is 65.8 Å². The van der Waals surface area contributed by atoms with Gasteiger partial charge in [0.2, 0.25) is 0 Å². The summed E-state index contributed by atoms with van der Waals surface area (Å²) < 4.78 is 4.87. The molecule has 96 valence electrons. The fraction of sp³-hybridized carbons (Fsp3) is 0.583. The second kappa shape index (κ2) is 6.54. The number of methoxy groups -OCH3 is 1. The normalized spacial score (nSPS) is 14.4. The Morgan fingerprint density at radius 1 is 1.47 bits per heavy atom. The molecule has 0 aromatic carbocycles. The molecule has 2 unspecified atom stereocenters. The van der Waals surface area contributed by atoms with Gasteiger partial charge in [-0.1, -0.05) is 0 Å². The van der Waals surface area contributed by atoms with E-state index in [0.29, 0.717) is 13.2 Å². The Balaban J connectivity index is 2.68. The number of likely N-dealkylation sites (N-methyl/N-ethyl adjacent to an activating group) is 1. The van der Waals surface area contributed by atoms with Gasteiger partial charge in [0.25, 0.3) is 0 Å². The third-order valence-electron chi connectivity index (χ3n) is 2.49. The van der Waals surface area contributed by atoms with Crippen LogP contribution in [0.4, 0.5) is 5.82 Å². The molecule has 0 amide bonds. The van der Waals surface area contributed by atoms with Gasteiger partial charge in [0.1, 0.15) is 5.82 Å². The van der Waals surface area contributed by atoms with Crippen LogP contribution in [0.1, 0.15) is 18.6 Å². The maximum absolute atomic E-state index is 9.62. The minimum absolute atomic E-state index is 0.292. The molecule has 0 spiro atoms. The molecule has 2 atom stereocenters. The zero-order valence-corrected chi connectivity index (χ0v) is 10.5. The van der Waals surface area contributed by atoms with E-state index in [1.165, 1.54) is 0 Å². The highest BCUT2D eigenvalue weighted by molar-refractivity contribution is 5.40. The minimum Gasteiger partial charge on any atom is -0.389 e. The Labute approximate surface area is 102 Å². The average Bonchev–Trinajstić information content (AvgIpc) is 2.29. The first kappa shape index (κ1) is 13.9. The lowest BCUT2D eigenvalue weighted by molar-refractivity contribution is 0.0694. The van der Waals surface area contributed by atoms with Gasteiger partial charge in [-0.25, -0.2) is 4.98 Å². The molecule has 0 saturated carbocycles. The number of hydrogen-bond acceptors (Lipinski definition) is 5. The van der Waals surface area contributed by atoms with E-state index in [-0.39, 0.29) is 0 Å². The molecule has 1 heterocycles. The lowest BCUT2D eigenvalue weighted by Gasteiger charge is -2.22. The molecule has 1 aromatic rings. The van der Waals surface area contributed by atoms with Gasteiger partial charge in [-0.05, 0) is 24.6 Å². The number of aliphatic hydroxyl groups is 2. The fourth-order valence-electron chi connectivity index (χ4n) is 1.56. The summed E-state index contributed by atoms with van der Waals surface area (Å²) in [5, 5.41) is 19.1. The summed E-state index contributed by atoms with van der Waals surface area (Å²) in [5.74, 6) is 0.721. The number of ether oxygens (including phenoxy) is 1. The van der Waals surface area contributed by atoms with Crippen LogP contribution in [0.5, 0.6) is 0 Å². The van der Waals surface area contributed by atoms with Crippen molar-refractivity contribution < 1.29 is 14.9 Å². The number of hydrogen-bond donors (Lipinski definition) is 2. The van der Waals surface area contributed by atoms with E-state index in [9.17, 15) is 10.2 Å². The van der Waals surface area contributed by atoms with Crippen LogP contribution < -0.4 is 4.90 Å². The van der Waals surface area contributed by atoms with Crippen LogP contribution in [0.3, 0.4) is 0 Å². The Morgan fingerprint density at radius 2 is 2.18 bits per heavy atom. The van der Waals surface area contributed by atoms with Crippen molar-refractivity contribution in [2.45, 2.75) is 19.1 Å². The quantitative estimate of drug-likeness (QED) is 0.761.